The van der Waals surface area contributed by atoms with E-state index in [9.17, 15) is 9.90 Å². The number of aryl methyl sites for hydroxylation is 1. The lowest BCUT2D eigenvalue weighted by Gasteiger charge is -2.13. The fourth-order valence-electron chi connectivity index (χ4n) is 1.79. The van der Waals surface area contributed by atoms with Gasteiger partial charge in [0.1, 0.15) is 6.04 Å². The molecule has 2 rings (SSSR count). The highest BCUT2D eigenvalue weighted by atomic mass is 32.1. The molecule has 1 aromatic carbocycles. The van der Waals surface area contributed by atoms with Crippen LogP contribution in [-0.2, 0) is 17.8 Å². The van der Waals surface area contributed by atoms with Crippen LogP contribution in [0.25, 0.3) is 0 Å². The molecule has 0 saturated heterocycles. The summed E-state index contributed by atoms with van der Waals surface area (Å²) < 4.78 is 0. The third-order valence-electron chi connectivity index (χ3n) is 2.76. The largest absolute Gasteiger partial charge is 0.480 e. The van der Waals surface area contributed by atoms with Gasteiger partial charge in [-0.25, -0.2) is 4.98 Å². The first kappa shape index (κ1) is 13.7. The van der Waals surface area contributed by atoms with Gasteiger partial charge in [0.15, 0.2) is 0 Å². The maximum absolute atomic E-state index is 11.3. The van der Waals surface area contributed by atoms with Crippen molar-refractivity contribution >= 4 is 17.3 Å². The van der Waals surface area contributed by atoms with E-state index < -0.39 is 12.0 Å². The molecule has 0 radical (unpaired) electrons. The summed E-state index contributed by atoms with van der Waals surface area (Å²) in [5, 5.41) is 13.4. The number of nitrogens with zero attached hydrogens (tertiary/aromatic N) is 1. The minimum absolute atomic E-state index is 0.517. The zero-order chi connectivity index (χ0) is 13.7. The number of aromatic nitrogens is 1. The van der Waals surface area contributed by atoms with Gasteiger partial charge in [-0.15, -0.1) is 11.3 Å². The standard InChI is InChI=1S/C14H16N2O2S/c1-2-12-15-8-11(19-12)9-16-13(14(17)18)10-6-4-3-5-7-10/h3-8,13,16H,2,9H2,1H3,(H,17,18). The Kier molecular flexibility index (Phi) is 4.65. The van der Waals surface area contributed by atoms with Crippen molar-refractivity contribution in [2.45, 2.75) is 25.9 Å². The normalized spacial score (nSPS) is 12.3. The molecule has 2 N–H and O–H groups in total. The van der Waals surface area contributed by atoms with E-state index in [-0.39, 0.29) is 0 Å². The van der Waals surface area contributed by atoms with Crippen LogP contribution in [0.5, 0.6) is 0 Å². The van der Waals surface area contributed by atoms with Crippen molar-refractivity contribution in [2.24, 2.45) is 0 Å². The second-order valence-corrected chi connectivity index (χ2v) is 5.34. The van der Waals surface area contributed by atoms with Crippen LogP contribution in [0.15, 0.2) is 36.5 Å². The SMILES string of the molecule is CCc1ncc(CNC(C(=O)O)c2ccccc2)s1. The Morgan fingerprint density at radius 2 is 2.16 bits per heavy atom. The number of hydrogen-bond acceptors (Lipinski definition) is 4. The molecule has 0 amide bonds. The number of carboxylic acids is 1. The quantitative estimate of drug-likeness (QED) is 0.851. The van der Waals surface area contributed by atoms with Gasteiger partial charge in [-0.2, -0.15) is 0 Å². The van der Waals surface area contributed by atoms with Crippen LogP contribution in [0.3, 0.4) is 0 Å². The Morgan fingerprint density at radius 1 is 1.42 bits per heavy atom. The highest BCUT2D eigenvalue weighted by Gasteiger charge is 2.18. The molecule has 5 heteroatoms. The van der Waals surface area contributed by atoms with E-state index >= 15 is 0 Å². The topological polar surface area (TPSA) is 62.2 Å². The molecule has 0 aliphatic rings. The molecule has 100 valence electrons. The number of nitrogens with one attached hydrogen (secondary N) is 1. The molecule has 4 nitrogen and oxygen atoms in total. The number of carboxylic acid groups (broad SMARTS) is 1. The molecule has 1 heterocycles. The van der Waals surface area contributed by atoms with Crippen LogP contribution in [0.4, 0.5) is 0 Å². The highest BCUT2D eigenvalue weighted by molar-refractivity contribution is 7.11. The van der Waals surface area contributed by atoms with E-state index in [2.05, 4.69) is 17.2 Å². The number of aliphatic carboxylic acids is 1. The Balaban J connectivity index is 2.04. The van der Waals surface area contributed by atoms with Gasteiger partial charge in [-0.05, 0) is 12.0 Å². The van der Waals surface area contributed by atoms with Gasteiger partial charge in [0.2, 0.25) is 0 Å². The van der Waals surface area contributed by atoms with Crippen molar-refractivity contribution in [1.29, 1.82) is 0 Å². The molecule has 1 aromatic heterocycles. The molecule has 0 aliphatic carbocycles. The molecule has 0 saturated carbocycles. The average molecular weight is 276 g/mol. The fraction of sp³-hybridized carbons (Fsp3) is 0.286. The van der Waals surface area contributed by atoms with E-state index in [1.807, 2.05) is 30.3 Å². The maximum atomic E-state index is 11.3. The van der Waals surface area contributed by atoms with Gasteiger partial charge in [-0.1, -0.05) is 37.3 Å². The summed E-state index contributed by atoms with van der Waals surface area (Å²) >= 11 is 1.62. The van der Waals surface area contributed by atoms with Gasteiger partial charge < -0.3 is 5.11 Å². The van der Waals surface area contributed by atoms with Gasteiger partial charge in [-0.3, -0.25) is 10.1 Å². The van der Waals surface area contributed by atoms with Crippen molar-refractivity contribution in [1.82, 2.24) is 10.3 Å². The van der Waals surface area contributed by atoms with Crippen LogP contribution in [0.1, 0.15) is 28.4 Å². The predicted molar refractivity (Wildman–Crippen MR) is 75.2 cm³/mol. The second kappa shape index (κ2) is 6.45. The highest BCUT2D eigenvalue weighted by Crippen LogP contribution is 2.17. The molecule has 0 aliphatic heterocycles. The lowest BCUT2D eigenvalue weighted by Crippen LogP contribution is -2.27. The summed E-state index contributed by atoms with van der Waals surface area (Å²) in [6.07, 6.45) is 2.71. The number of carbonyl (C=O) groups is 1. The summed E-state index contributed by atoms with van der Waals surface area (Å²) in [6.45, 7) is 2.57. The van der Waals surface area contributed by atoms with Gasteiger partial charge in [0.05, 0.1) is 5.01 Å². The van der Waals surface area contributed by atoms with E-state index in [0.717, 1.165) is 21.9 Å². The fourth-order valence-corrected chi connectivity index (χ4v) is 2.60. The maximum Gasteiger partial charge on any atom is 0.325 e. The smallest absolute Gasteiger partial charge is 0.325 e. The zero-order valence-corrected chi connectivity index (χ0v) is 11.5. The molecule has 0 fully saturated rings. The van der Waals surface area contributed by atoms with Gasteiger partial charge in [0, 0.05) is 17.6 Å². The van der Waals surface area contributed by atoms with Crippen LogP contribution >= 0.6 is 11.3 Å². The third-order valence-corrected chi connectivity index (χ3v) is 3.91. The molecular formula is C14H16N2O2S. The summed E-state index contributed by atoms with van der Waals surface area (Å²) in [7, 11) is 0. The molecule has 0 spiro atoms. The van der Waals surface area contributed by atoms with E-state index in [1.165, 1.54) is 0 Å². The van der Waals surface area contributed by atoms with Gasteiger partial charge >= 0.3 is 5.97 Å². The predicted octanol–water partition coefficient (Wildman–Crippen LogP) is 2.62. The Hall–Kier alpha value is -1.72. The zero-order valence-electron chi connectivity index (χ0n) is 10.7. The van der Waals surface area contributed by atoms with E-state index in [1.54, 1.807) is 17.5 Å². The Bertz CT molecular complexity index is 539. The van der Waals surface area contributed by atoms with Crippen molar-refractivity contribution in [2.75, 3.05) is 0 Å². The minimum Gasteiger partial charge on any atom is -0.480 e. The third kappa shape index (κ3) is 3.62. The second-order valence-electron chi connectivity index (χ2n) is 4.14. The molecule has 2 aromatic rings. The minimum atomic E-state index is -0.869. The molecular weight excluding hydrogens is 260 g/mol. The van der Waals surface area contributed by atoms with Crippen LogP contribution in [0.2, 0.25) is 0 Å². The number of rotatable bonds is 6. The van der Waals surface area contributed by atoms with Crippen molar-refractivity contribution in [3.05, 3.63) is 52.0 Å². The first-order chi connectivity index (χ1) is 9.20. The van der Waals surface area contributed by atoms with Crippen molar-refractivity contribution in [3.63, 3.8) is 0 Å². The van der Waals surface area contributed by atoms with Gasteiger partial charge in [0.25, 0.3) is 0 Å². The number of benzene rings is 1. The lowest BCUT2D eigenvalue weighted by atomic mass is 10.1. The lowest BCUT2D eigenvalue weighted by molar-refractivity contribution is -0.139. The summed E-state index contributed by atoms with van der Waals surface area (Å²) in [4.78, 5) is 16.6. The monoisotopic (exact) mass is 276 g/mol. The van der Waals surface area contributed by atoms with E-state index in [4.69, 9.17) is 0 Å². The molecule has 1 unspecified atom stereocenters. The molecule has 19 heavy (non-hydrogen) atoms. The number of thiazole rings is 1. The first-order valence-electron chi connectivity index (χ1n) is 6.15. The van der Waals surface area contributed by atoms with Crippen molar-refractivity contribution < 1.29 is 9.90 Å². The number of hydrogen-bond donors (Lipinski definition) is 2. The van der Waals surface area contributed by atoms with E-state index in [0.29, 0.717) is 6.54 Å². The summed E-state index contributed by atoms with van der Waals surface area (Å²) in [5.41, 5.74) is 0.759. The Labute approximate surface area is 116 Å². The van der Waals surface area contributed by atoms with Crippen LogP contribution < -0.4 is 5.32 Å². The molecule has 1 atom stereocenters. The summed E-state index contributed by atoms with van der Waals surface area (Å²) in [6, 6.07) is 8.50. The van der Waals surface area contributed by atoms with Crippen molar-refractivity contribution in [3.8, 4) is 0 Å². The summed E-state index contributed by atoms with van der Waals surface area (Å²) in [5.74, 6) is -0.869. The molecule has 0 bridgehead atoms. The van der Waals surface area contributed by atoms with Crippen LogP contribution in [0, 0.1) is 0 Å². The first-order valence-corrected chi connectivity index (χ1v) is 6.97. The van der Waals surface area contributed by atoms with Crippen LogP contribution in [-0.4, -0.2) is 16.1 Å². The average Bonchev–Trinajstić information content (AvgIpc) is 2.88. The Morgan fingerprint density at radius 3 is 2.74 bits per heavy atom.